The molecule has 5 saturated carbocycles. The second-order valence-corrected chi connectivity index (χ2v) is 19.4. The zero-order valence-electron chi connectivity index (χ0n) is 31.6. The van der Waals surface area contributed by atoms with Crippen LogP contribution in [0.3, 0.4) is 0 Å². The van der Waals surface area contributed by atoms with Crippen molar-refractivity contribution in [2.45, 2.75) is 173 Å². The van der Waals surface area contributed by atoms with Crippen LogP contribution in [0, 0.1) is 44.8 Å². The molecule has 5 aliphatic carbocycles. The van der Waals surface area contributed by atoms with Gasteiger partial charge in [-0.05, 0) is 100 Å². The molecule has 0 aromatic heterocycles. The molecule has 51 heavy (non-hydrogen) atoms. The second-order valence-electron chi connectivity index (χ2n) is 19.4. The van der Waals surface area contributed by atoms with Gasteiger partial charge >= 0.3 is 11.9 Å². The van der Waals surface area contributed by atoms with Crippen molar-refractivity contribution in [3.05, 3.63) is 0 Å². The zero-order chi connectivity index (χ0) is 36.9. The van der Waals surface area contributed by atoms with E-state index < -0.39 is 76.6 Å². The lowest BCUT2D eigenvalue weighted by Gasteiger charge is -2.64. The molecule has 3 spiro atoms. The van der Waals surface area contributed by atoms with Gasteiger partial charge in [-0.3, -0.25) is 9.59 Å². The topological polar surface area (TPSA) is 170 Å². The second kappa shape index (κ2) is 11.1. The first-order valence-electron chi connectivity index (χ1n) is 19.4. The third kappa shape index (κ3) is 4.54. The summed E-state index contributed by atoms with van der Waals surface area (Å²) in [5.74, 6) is -1.89. The van der Waals surface area contributed by atoms with Gasteiger partial charge in [0, 0.05) is 37.0 Å². The van der Waals surface area contributed by atoms with Crippen LogP contribution in [0.15, 0.2) is 0 Å². The highest BCUT2D eigenvalue weighted by molar-refractivity contribution is 5.68. The molecule has 12 nitrogen and oxygen atoms in total. The van der Waals surface area contributed by atoms with E-state index in [0.717, 1.165) is 44.9 Å². The lowest BCUT2D eigenvalue weighted by atomic mass is 9.41. The third-order valence-electron chi connectivity index (χ3n) is 16.6. The molecule has 0 radical (unpaired) electrons. The number of carbonyl (C=O) groups excluding carboxylic acids is 2. The fraction of sp³-hybridized carbons (Fsp3) is 0.949. The van der Waals surface area contributed by atoms with Crippen LogP contribution in [0.2, 0.25) is 0 Å². The van der Waals surface area contributed by atoms with E-state index in [1.807, 2.05) is 0 Å². The first kappa shape index (κ1) is 36.6. The lowest BCUT2D eigenvalue weighted by molar-refractivity contribution is -0.317. The molecule has 16 atom stereocenters. The number of aliphatic hydroxyl groups is 4. The van der Waals surface area contributed by atoms with Gasteiger partial charge < -0.3 is 48.8 Å². The Morgan fingerprint density at radius 3 is 2.12 bits per heavy atom. The van der Waals surface area contributed by atoms with Crippen LogP contribution in [0.25, 0.3) is 0 Å². The van der Waals surface area contributed by atoms with Gasteiger partial charge in [-0.1, -0.05) is 20.8 Å². The van der Waals surface area contributed by atoms with Crippen LogP contribution in [-0.4, -0.2) is 105 Å². The van der Waals surface area contributed by atoms with E-state index in [1.54, 1.807) is 13.8 Å². The van der Waals surface area contributed by atoms with Crippen LogP contribution in [-0.2, 0) is 38.0 Å². The minimum Gasteiger partial charge on any atom is -0.458 e. The fourth-order valence-corrected chi connectivity index (χ4v) is 14.5. The highest BCUT2D eigenvalue weighted by Crippen LogP contribution is 2.90. The standard InChI is InChI=1S/C39H60O12/c1-20(40)48-28-29-34(7)13-16-39(51-34,33(5,6)45)47-19-38(29)15-14-37-18-36(37)12-11-25(50-31-27(44)26(43)22(42)17-46-31)32(3,4)23(36)9-10-24(37)35(38,8)30(28)49-21(2)41/h22-31,42-45H,9-19H2,1-8H3/t22-,23+,24+,25+,26+,27-,28-,29-,30-,31+,34+,35-,36-,37+,38+,39+/m1/s1. The predicted molar refractivity (Wildman–Crippen MR) is 179 cm³/mol. The number of esters is 2. The van der Waals surface area contributed by atoms with Crippen molar-refractivity contribution in [2.75, 3.05) is 13.2 Å². The molecule has 8 rings (SSSR count). The maximum absolute atomic E-state index is 13.0. The average Bonchev–Trinajstić information content (AvgIpc) is 3.52. The molecule has 4 N–H and O–H groups in total. The normalized spacial score (nSPS) is 55.2. The molecule has 288 valence electrons. The molecular weight excluding hydrogens is 660 g/mol. The van der Waals surface area contributed by atoms with Gasteiger partial charge in [0.05, 0.1) is 24.9 Å². The molecule has 0 aromatic carbocycles. The molecule has 8 aliphatic rings. The van der Waals surface area contributed by atoms with Crippen molar-refractivity contribution in [3.8, 4) is 0 Å². The maximum atomic E-state index is 13.0. The van der Waals surface area contributed by atoms with Crippen molar-refractivity contribution >= 4 is 11.9 Å². The summed E-state index contributed by atoms with van der Waals surface area (Å²) in [6.07, 6.45) is 0.954. The Kier molecular flexibility index (Phi) is 7.97. The molecule has 8 fully saturated rings. The molecule has 3 heterocycles. The Morgan fingerprint density at radius 2 is 1.45 bits per heavy atom. The summed E-state index contributed by atoms with van der Waals surface area (Å²) < 4.78 is 38.7. The van der Waals surface area contributed by atoms with Crippen LogP contribution >= 0.6 is 0 Å². The third-order valence-corrected chi connectivity index (χ3v) is 16.6. The number of hydrogen-bond acceptors (Lipinski definition) is 12. The van der Waals surface area contributed by atoms with E-state index in [1.165, 1.54) is 13.8 Å². The molecule has 0 amide bonds. The number of aliphatic hydroxyl groups excluding tert-OH is 3. The van der Waals surface area contributed by atoms with E-state index in [0.29, 0.717) is 25.4 Å². The summed E-state index contributed by atoms with van der Waals surface area (Å²) in [5.41, 5.74) is -3.51. The van der Waals surface area contributed by atoms with Crippen LogP contribution in [0.5, 0.6) is 0 Å². The monoisotopic (exact) mass is 720 g/mol. The first-order chi connectivity index (χ1) is 23.6. The largest absolute Gasteiger partial charge is 0.458 e. The molecule has 2 bridgehead atoms. The summed E-state index contributed by atoms with van der Waals surface area (Å²) in [4.78, 5) is 26.0. The summed E-state index contributed by atoms with van der Waals surface area (Å²) in [5, 5.41) is 42.5. The summed E-state index contributed by atoms with van der Waals surface area (Å²) >= 11 is 0. The van der Waals surface area contributed by atoms with E-state index in [2.05, 4.69) is 27.7 Å². The summed E-state index contributed by atoms with van der Waals surface area (Å²) in [6.45, 7) is 15.4. The van der Waals surface area contributed by atoms with Gasteiger partial charge in [0.15, 0.2) is 12.1 Å². The van der Waals surface area contributed by atoms with E-state index in [-0.39, 0.29) is 40.8 Å². The van der Waals surface area contributed by atoms with Crippen LogP contribution < -0.4 is 0 Å². The lowest BCUT2D eigenvalue weighted by Crippen LogP contribution is -2.63. The number of hydrogen-bond donors (Lipinski definition) is 4. The Morgan fingerprint density at radius 1 is 0.804 bits per heavy atom. The first-order valence-corrected chi connectivity index (χ1v) is 19.4. The fourth-order valence-electron chi connectivity index (χ4n) is 14.5. The van der Waals surface area contributed by atoms with Crippen molar-refractivity contribution in [1.82, 2.24) is 0 Å². The highest BCUT2D eigenvalue weighted by Gasteiger charge is 2.88. The maximum Gasteiger partial charge on any atom is 0.303 e. The molecule has 0 unspecified atom stereocenters. The van der Waals surface area contributed by atoms with Crippen LogP contribution in [0.1, 0.15) is 113 Å². The van der Waals surface area contributed by atoms with Crippen molar-refractivity contribution in [3.63, 3.8) is 0 Å². The molecular formula is C39H60O12. The van der Waals surface area contributed by atoms with Gasteiger partial charge in [0.25, 0.3) is 0 Å². The Bertz CT molecular complexity index is 1460. The van der Waals surface area contributed by atoms with Gasteiger partial charge in [0.2, 0.25) is 0 Å². The highest BCUT2D eigenvalue weighted by atomic mass is 16.7. The summed E-state index contributed by atoms with van der Waals surface area (Å²) in [7, 11) is 0. The van der Waals surface area contributed by atoms with Crippen molar-refractivity contribution in [1.29, 1.82) is 0 Å². The number of carbonyl (C=O) groups is 2. The van der Waals surface area contributed by atoms with Gasteiger partial charge in [0.1, 0.15) is 36.1 Å². The van der Waals surface area contributed by atoms with Crippen molar-refractivity contribution < 1.29 is 58.4 Å². The van der Waals surface area contributed by atoms with E-state index >= 15 is 0 Å². The van der Waals surface area contributed by atoms with E-state index in [4.69, 9.17) is 28.4 Å². The quantitative estimate of drug-likeness (QED) is 0.242. The minimum atomic E-state index is -1.34. The summed E-state index contributed by atoms with van der Waals surface area (Å²) in [6, 6.07) is 0. The average molecular weight is 721 g/mol. The smallest absolute Gasteiger partial charge is 0.303 e. The van der Waals surface area contributed by atoms with Gasteiger partial charge in [-0.25, -0.2) is 0 Å². The molecule has 3 saturated heterocycles. The Labute approximate surface area is 301 Å². The van der Waals surface area contributed by atoms with Crippen LogP contribution in [0.4, 0.5) is 0 Å². The minimum absolute atomic E-state index is 0.0195. The Hall–Kier alpha value is -1.38. The number of ether oxygens (including phenoxy) is 6. The van der Waals surface area contributed by atoms with Crippen molar-refractivity contribution in [2.24, 2.45) is 44.8 Å². The Balaban J connectivity index is 1.17. The number of rotatable bonds is 5. The van der Waals surface area contributed by atoms with Gasteiger partial charge in [-0.2, -0.15) is 0 Å². The predicted octanol–water partition coefficient (Wildman–Crippen LogP) is 3.38. The van der Waals surface area contributed by atoms with E-state index in [9.17, 15) is 30.0 Å². The SMILES string of the molecule is CC(=O)O[C@H]1[C@@H](OC(C)=O)[C@@]2(C)[C@@H]3CC[C@H]4C(C)(C)[C@@H](O[C@@H]5OC[C@@H](O)[C@H](O)[C@H]5O)CC[C@@]45C[C@@]35CC[C@@]23CO[C@@]2(C(C)(C)O)CC[C@](C)(O2)[C@@H]13. The molecule has 0 aromatic rings. The van der Waals surface area contributed by atoms with Gasteiger partial charge in [-0.15, -0.1) is 0 Å². The molecule has 12 heteroatoms. The zero-order valence-corrected chi connectivity index (χ0v) is 31.6. The molecule has 3 aliphatic heterocycles. The number of fused-ring (bicyclic) bond motifs is 4.